The van der Waals surface area contributed by atoms with Crippen molar-refractivity contribution in [2.75, 3.05) is 20.1 Å². The van der Waals surface area contributed by atoms with Crippen LogP contribution in [0.3, 0.4) is 0 Å². The third kappa shape index (κ3) is 4.05. The van der Waals surface area contributed by atoms with Gasteiger partial charge in [-0.05, 0) is 38.3 Å². The first-order valence-corrected chi connectivity index (χ1v) is 7.70. The van der Waals surface area contributed by atoms with Gasteiger partial charge in [-0.2, -0.15) is 0 Å². The van der Waals surface area contributed by atoms with E-state index >= 15 is 0 Å². The van der Waals surface area contributed by atoms with Gasteiger partial charge in [-0.1, -0.05) is 30.3 Å². The van der Waals surface area contributed by atoms with Crippen LogP contribution in [0.4, 0.5) is 0 Å². The van der Waals surface area contributed by atoms with Crippen molar-refractivity contribution < 1.29 is 9.90 Å². The minimum Gasteiger partial charge on any atom is -0.393 e. The lowest BCUT2D eigenvalue weighted by Crippen LogP contribution is -2.44. The Kier molecular flexibility index (Phi) is 5.37. The van der Waals surface area contributed by atoms with E-state index in [9.17, 15) is 9.90 Å². The summed E-state index contributed by atoms with van der Waals surface area (Å²) in [6.45, 7) is 6.14. The van der Waals surface area contributed by atoms with E-state index in [1.54, 1.807) is 4.90 Å². The molecular weight excluding hydrogens is 264 g/mol. The van der Waals surface area contributed by atoms with Gasteiger partial charge < -0.3 is 10.0 Å². The van der Waals surface area contributed by atoms with Crippen molar-refractivity contribution >= 4 is 5.91 Å². The van der Waals surface area contributed by atoms with Crippen LogP contribution in [0.15, 0.2) is 30.3 Å². The third-order valence-corrected chi connectivity index (χ3v) is 4.48. The van der Waals surface area contributed by atoms with Crippen LogP contribution in [0, 0.1) is 5.92 Å². The topological polar surface area (TPSA) is 43.8 Å². The summed E-state index contributed by atoms with van der Waals surface area (Å²) < 4.78 is 0. The normalized spacial score (nSPS) is 22.0. The van der Waals surface area contributed by atoms with Crippen LogP contribution in [0.1, 0.15) is 25.8 Å². The van der Waals surface area contributed by atoms with Crippen molar-refractivity contribution in [2.45, 2.75) is 39.0 Å². The zero-order valence-corrected chi connectivity index (χ0v) is 13.2. The molecule has 0 spiro atoms. The quantitative estimate of drug-likeness (QED) is 0.898. The SMILES string of the molecule is CC(O)C1CCN(C(C)C(=O)N(C)Cc2ccccc2)C1. The molecule has 3 atom stereocenters. The lowest BCUT2D eigenvalue weighted by atomic mass is 10.0. The zero-order valence-electron chi connectivity index (χ0n) is 13.2. The van der Waals surface area contributed by atoms with Crippen LogP contribution in [0.25, 0.3) is 0 Å². The van der Waals surface area contributed by atoms with Gasteiger partial charge in [-0.3, -0.25) is 9.69 Å². The zero-order chi connectivity index (χ0) is 15.4. The molecule has 1 amide bonds. The Morgan fingerprint density at radius 1 is 1.38 bits per heavy atom. The Morgan fingerprint density at radius 2 is 2.05 bits per heavy atom. The average Bonchev–Trinajstić information content (AvgIpc) is 2.96. The fraction of sp³-hybridized carbons (Fsp3) is 0.588. The summed E-state index contributed by atoms with van der Waals surface area (Å²) in [5.41, 5.74) is 1.14. The molecule has 1 saturated heterocycles. The number of benzene rings is 1. The molecule has 1 aromatic carbocycles. The van der Waals surface area contributed by atoms with Crippen LogP contribution in [-0.4, -0.2) is 53.1 Å². The van der Waals surface area contributed by atoms with Crippen LogP contribution >= 0.6 is 0 Å². The second-order valence-electron chi connectivity index (χ2n) is 6.14. The smallest absolute Gasteiger partial charge is 0.239 e. The van der Waals surface area contributed by atoms with Gasteiger partial charge in [-0.25, -0.2) is 0 Å². The molecule has 0 bridgehead atoms. The number of rotatable bonds is 5. The van der Waals surface area contributed by atoms with Crippen LogP contribution in [-0.2, 0) is 11.3 Å². The maximum absolute atomic E-state index is 12.5. The molecular formula is C17H26N2O2. The minimum absolute atomic E-state index is 0.123. The van der Waals surface area contributed by atoms with E-state index < -0.39 is 0 Å². The van der Waals surface area contributed by atoms with Crippen molar-refractivity contribution in [1.82, 2.24) is 9.80 Å². The van der Waals surface area contributed by atoms with E-state index in [1.165, 1.54) is 0 Å². The Balaban J connectivity index is 1.90. The summed E-state index contributed by atoms with van der Waals surface area (Å²) in [4.78, 5) is 16.5. The first-order valence-electron chi connectivity index (χ1n) is 7.70. The van der Waals surface area contributed by atoms with Crippen molar-refractivity contribution in [2.24, 2.45) is 5.92 Å². The van der Waals surface area contributed by atoms with Crippen LogP contribution in [0.2, 0.25) is 0 Å². The molecule has 0 aliphatic carbocycles. The lowest BCUT2D eigenvalue weighted by Gasteiger charge is -2.28. The molecule has 1 aliphatic rings. The maximum atomic E-state index is 12.5. The second-order valence-corrected chi connectivity index (χ2v) is 6.14. The van der Waals surface area contributed by atoms with E-state index in [0.29, 0.717) is 12.5 Å². The molecule has 0 aromatic heterocycles. The standard InChI is InChI=1S/C17H26N2O2/c1-13(19-10-9-16(12-19)14(2)20)17(21)18(3)11-15-7-5-4-6-8-15/h4-8,13-14,16,20H,9-12H2,1-3H3. The molecule has 21 heavy (non-hydrogen) atoms. The Morgan fingerprint density at radius 3 is 2.62 bits per heavy atom. The van der Waals surface area contributed by atoms with Gasteiger partial charge in [0.2, 0.25) is 5.91 Å². The summed E-state index contributed by atoms with van der Waals surface area (Å²) in [6.07, 6.45) is 0.678. The molecule has 3 unspecified atom stereocenters. The lowest BCUT2D eigenvalue weighted by molar-refractivity contribution is -0.135. The van der Waals surface area contributed by atoms with Gasteiger partial charge in [0.05, 0.1) is 12.1 Å². The highest BCUT2D eigenvalue weighted by Gasteiger charge is 2.32. The first-order chi connectivity index (χ1) is 9.99. The predicted molar refractivity (Wildman–Crippen MR) is 83.7 cm³/mol. The van der Waals surface area contributed by atoms with Gasteiger partial charge >= 0.3 is 0 Å². The molecule has 2 rings (SSSR count). The van der Waals surface area contributed by atoms with Crippen molar-refractivity contribution in [3.8, 4) is 0 Å². The fourth-order valence-electron chi connectivity index (χ4n) is 2.97. The molecule has 1 N–H and O–H groups in total. The summed E-state index contributed by atoms with van der Waals surface area (Å²) in [5, 5.41) is 9.67. The van der Waals surface area contributed by atoms with Crippen molar-refractivity contribution in [3.05, 3.63) is 35.9 Å². The molecule has 4 heteroatoms. The number of aliphatic hydroxyl groups is 1. The molecule has 1 heterocycles. The van der Waals surface area contributed by atoms with E-state index in [2.05, 4.69) is 4.90 Å². The number of hydrogen-bond donors (Lipinski definition) is 1. The van der Waals surface area contributed by atoms with Gasteiger partial charge in [0.1, 0.15) is 0 Å². The van der Waals surface area contributed by atoms with Gasteiger partial charge in [-0.15, -0.1) is 0 Å². The Labute approximate surface area is 127 Å². The number of nitrogens with zero attached hydrogens (tertiary/aromatic N) is 2. The molecule has 116 valence electrons. The van der Waals surface area contributed by atoms with E-state index in [4.69, 9.17) is 0 Å². The number of hydrogen-bond acceptors (Lipinski definition) is 3. The summed E-state index contributed by atoms with van der Waals surface area (Å²) in [6, 6.07) is 9.91. The highest BCUT2D eigenvalue weighted by molar-refractivity contribution is 5.81. The number of carbonyl (C=O) groups excluding carboxylic acids is 1. The summed E-state index contributed by atoms with van der Waals surface area (Å²) in [5.74, 6) is 0.435. The van der Waals surface area contributed by atoms with Crippen molar-refractivity contribution in [3.63, 3.8) is 0 Å². The number of amides is 1. The fourth-order valence-corrected chi connectivity index (χ4v) is 2.97. The summed E-state index contributed by atoms with van der Waals surface area (Å²) >= 11 is 0. The first kappa shape index (κ1) is 16.0. The molecule has 1 fully saturated rings. The average molecular weight is 290 g/mol. The van der Waals surface area contributed by atoms with E-state index in [1.807, 2.05) is 51.2 Å². The van der Waals surface area contributed by atoms with Gasteiger partial charge in [0.25, 0.3) is 0 Å². The van der Waals surface area contributed by atoms with E-state index in [-0.39, 0.29) is 18.1 Å². The molecule has 4 nitrogen and oxygen atoms in total. The number of likely N-dealkylation sites (N-methyl/N-ethyl adjacent to an activating group) is 1. The minimum atomic E-state index is -0.292. The predicted octanol–water partition coefficient (Wildman–Crippen LogP) is 1.74. The Bertz CT molecular complexity index is 461. The summed E-state index contributed by atoms with van der Waals surface area (Å²) in [7, 11) is 1.86. The molecule has 0 saturated carbocycles. The van der Waals surface area contributed by atoms with E-state index in [0.717, 1.165) is 25.1 Å². The number of aliphatic hydroxyl groups excluding tert-OH is 1. The van der Waals surface area contributed by atoms with Gasteiger partial charge in [0.15, 0.2) is 0 Å². The number of likely N-dealkylation sites (tertiary alicyclic amines) is 1. The highest BCUT2D eigenvalue weighted by Crippen LogP contribution is 2.22. The third-order valence-electron chi connectivity index (χ3n) is 4.48. The maximum Gasteiger partial charge on any atom is 0.239 e. The highest BCUT2D eigenvalue weighted by atomic mass is 16.3. The molecule has 1 aliphatic heterocycles. The Hall–Kier alpha value is -1.39. The largest absolute Gasteiger partial charge is 0.393 e. The number of carbonyl (C=O) groups is 1. The van der Waals surface area contributed by atoms with Crippen LogP contribution in [0.5, 0.6) is 0 Å². The molecule has 1 aromatic rings. The second kappa shape index (κ2) is 7.05. The monoisotopic (exact) mass is 290 g/mol. The van der Waals surface area contributed by atoms with Crippen molar-refractivity contribution in [1.29, 1.82) is 0 Å². The van der Waals surface area contributed by atoms with Crippen LogP contribution < -0.4 is 0 Å². The molecule has 0 radical (unpaired) electrons. The van der Waals surface area contributed by atoms with Gasteiger partial charge in [0, 0.05) is 20.1 Å².